The van der Waals surface area contributed by atoms with Crippen LogP contribution in [0.5, 0.6) is 0 Å². The summed E-state index contributed by atoms with van der Waals surface area (Å²) in [6.45, 7) is 5.96. The molecule has 0 bridgehead atoms. The van der Waals surface area contributed by atoms with Gasteiger partial charge in [0.25, 0.3) is 0 Å². The SMILES string of the molecule is CNc1cc(Sc2nc(C)c(C)c(C)n2)nc(N)n1. The van der Waals surface area contributed by atoms with Gasteiger partial charge in [0.05, 0.1) is 0 Å². The summed E-state index contributed by atoms with van der Waals surface area (Å²) in [5.74, 6) is 0.908. The number of hydrogen-bond donors (Lipinski definition) is 2. The van der Waals surface area contributed by atoms with E-state index < -0.39 is 0 Å². The molecule has 0 fully saturated rings. The smallest absolute Gasteiger partial charge is 0.223 e. The molecule has 0 aliphatic rings. The third kappa shape index (κ3) is 3.11. The number of nitrogen functional groups attached to an aromatic ring is 1. The molecule has 2 aromatic heterocycles. The minimum absolute atomic E-state index is 0.231. The van der Waals surface area contributed by atoms with Gasteiger partial charge in [-0.05, 0) is 38.1 Å². The molecule has 2 heterocycles. The topological polar surface area (TPSA) is 89.6 Å². The zero-order chi connectivity index (χ0) is 14.0. The van der Waals surface area contributed by atoms with Crippen molar-refractivity contribution in [2.45, 2.75) is 31.0 Å². The van der Waals surface area contributed by atoms with Gasteiger partial charge in [0.2, 0.25) is 5.95 Å². The summed E-state index contributed by atoms with van der Waals surface area (Å²) < 4.78 is 0. The zero-order valence-electron chi connectivity index (χ0n) is 11.4. The molecule has 2 rings (SSSR count). The van der Waals surface area contributed by atoms with Gasteiger partial charge in [0, 0.05) is 24.5 Å². The highest BCUT2D eigenvalue weighted by Crippen LogP contribution is 2.26. The van der Waals surface area contributed by atoms with Crippen LogP contribution in [0.25, 0.3) is 0 Å². The van der Waals surface area contributed by atoms with Crippen molar-refractivity contribution in [3.63, 3.8) is 0 Å². The first-order valence-electron chi connectivity index (χ1n) is 5.81. The van der Waals surface area contributed by atoms with E-state index in [2.05, 4.69) is 25.3 Å². The first kappa shape index (κ1) is 13.5. The predicted molar refractivity (Wildman–Crippen MR) is 76.4 cm³/mol. The van der Waals surface area contributed by atoms with Crippen LogP contribution in [0.2, 0.25) is 0 Å². The van der Waals surface area contributed by atoms with Crippen LogP contribution in [-0.2, 0) is 0 Å². The third-order valence-electron chi connectivity index (χ3n) is 2.78. The van der Waals surface area contributed by atoms with Crippen LogP contribution in [0.3, 0.4) is 0 Å². The van der Waals surface area contributed by atoms with E-state index in [1.807, 2.05) is 26.8 Å². The Kier molecular flexibility index (Phi) is 3.84. The highest BCUT2D eigenvalue weighted by atomic mass is 32.2. The average molecular weight is 276 g/mol. The molecule has 3 N–H and O–H groups in total. The van der Waals surface area contributed by atoms with Gasteiger partial charge in [0.15, 0.2) is 5.16 Å². The molecule has 0 amide bonds. The fraction of sp³-hybridized carbons (Fsp3) is 0.333. The van der Waals surface area contributed by atoms with E-state index in [1.54, 1.807) is 7.05 Å². The van der Waals surface area contributed by atoms with Crippen molar-refractivity contribution in [3.05, 3.63) is 23.0 Å². The van der Waals surface area contributed by atoms with Crippen molar-refractivity contribution in [1.82, 2.24) is 19.9 Å². The Morgan fingerprint density at radius 3 is 2.26 bits per heavy atom. The van der Waals surface area contributed by atoms with Crippen molar-refractivity contribution < 1.29 is 0 Å². The minimum atomic E-state index is 0.231. The third-order valence-corrected chi connectivity index (χ3v) is 3.57. The number of anilines is 2. The van der Waals surface area contributed by atoms with Gasteiger partial charge in [-0.2, -0.15) is 4.98 Å². The molecule has 0 aromatic carbocycles. The molecule has 0 saturated carbocycles. The molecular weight excluding hydrogens is 260 g/mol. The molecule has 19 heavy (non-hydrogen) atoms. The van der Waals surface area contributed by atoms with Crippen LogP contribution in [0.1, 0.15) is 17.0 Å². The molecule has 6 nitrogen and oxygen atoms in total. The number of rotatable bonds is 3. The van der Waals surface area contributed by atoms with Crippen LogP contribution < -0.4 is 11.1 Å². The molecule has 7 heteroatoms. The van der Waals surface area contributed by atoms with Gasteiger partial charge in [0.1, 0.15) is 10.8 Å². The summed E-state index contributed by atoms with van der Waals surface area (Å²) >= 11 is 1.37. The molecule has 2 aromatic rings. The van der Waals surface area contributed by atoms with E-state index in [0.717, 1.165) is 22.0 Å². The molecule has 0 spiro atoms. The summed E-state index contributed by atoms with van der Waals surface area (Å²) in [5, 5.41) is 4.33. The van der Waals surface area contributed by atoms with Crippen molar-refractivity contribution in [2.24, 2.45) is 0 Å². The van der Waals surface area contributed by atoms with Crippen molar-refractivity contribution in [2.75, 3.05) is 18.1 Å². The average Bonchev–Trinajstić information content (AvgIpc) is 2.35. The monoisotopic (exact) mass is 276 g/mol. The second-order valence-corrected chi connectivity index (χ2v) is 5.09. The Bertz CT molecular complexity index is 590. The first-order chi connectivity index (χ1) is 8.99. The minimum Gasteiger partial charge on any atom is -0.373 e. The number of hydrogen-bond acceptors (Lipinski definition) is 7. The maximum atomic E-state index is 5.66. The summed E-state index contributed by atoms with van der Waals surface area (Å²) in [4.78, 5) is 17.1. The van der Waals surface area contributed by atoms with E-state index in [1.165, 1.54) is 11.8 Å². The Labute approximate surface area is 116 Å². The maximum absolute atomic E-state index is 5.66. The van der Waals surface area contributed by atoms with Gasteiger partial charge in [-0.3, -0.25) is 0 Å². The summed E-state index contributed by atoms with van der Waals surface area (Å²) in [6, 6.07) is 1.81. The standard InChI is InChI=1S/C12H16N6S/c1-6-7(2)15-12(16-8(6)3)19-10-5-9(14-4)17-11(13)18-10/h5H,1-4H3,(H3,13,14,17,18). The lowest BCUT2D eigenvalue weighted by atomic mass is 10.2. The van der Waals surface area contributed by atoms with Crippen molar-refractivity contribution in [3.8, 4) is 0 Å². The maximum Gasteiger partial charge on any atom is 0.223 e. The van der Waals surface area contributed by atoms with Crippen LogP contribution in [0, 0.1) is 20.8 Å². The second-order valence-electron chi connectivity index (χ2n) is 4.10. The van der Waals surface area contributed by atoms with Crippen molar-refractivity contribution in [1.29, 1.82) is 0 Å². The van der Waals surface area contributed by atoms with Gasteiger partial charge in [-0.1, -0.05) is 0 Å². The van der Waals surface area contributed by atoms with E-state index in [-0.39, 0.29) is 5.95 Å². The van der Waals surface area contributed by atoms with Gasteiger partial charge >= 0.3 is 0 Å². The lowest BCUT2D eigenvalue weighted by molar-refractivity contribution is 0.878. The Morgan fingerprint density at radius 2 is 1.68 bits per heavy atom. The molecule has 0 saturated heterocycles. The van der Waals surface area contributed by atoms with Crippen LogP contribution in [0.15, 0.2) is 16.2 Å². The Balaban J connectivity index is 2.33. The van der Waals surface area contributed by atoms with Crippen molar-refractivity contribution >= 4 is 23.5 Å². The lowest BCUT2D eigenvalue weighted by Crippen LogP contribution is -2.02. The summed E-state index contributed by atoms with van der Waals surface area (Å²) in [7, 11) is 1.78. The molecule has 0 radical (unpaired) electrons. The molecule has 0 atom stereocenters. The fourth-order valence-electron chi connectivity index (χ4n) is 1.50. The van der Waals surface area contributed by atoms with Crippen LogP contribution >= 0.6 is 11.8 Å². The van der Waals surface area contributed by atoms with Gasteiger partial charge in [-0.15, -0.1) is 0 Å². The number of nitrogens with zero attached hydrogens (tertiary/aromatic N) is 4. The number of aryl methyl sites for hydroxylation is 2. The van der Waals surface area contributed by atoms with E-state index in [0.29, 0.717) is 11.0 Å². The van der Waals surface area contributed by atoms with Crippen LogP contribution in [0.4, 0.5) is 11.8 Å². The van der Waals surface area contributed by atoms with E-state index in [4.69, 9.17) is 5.73 Å². The Morgan fingerprint density at radius 1 is 1.05 bits per heavy atom. The van der Waals surface area contributed by atoms with Crippen LogP contribution in [-0.4, -0.2) is 27.0 Å². The summed E-state index contributed by atoms with van der Waals surface area (Å²) in [6.07, 6.45) is 0. The molecular formula is C12H16N6S. The highest BCUT2D eigenvalue weighted by Gasteiger charge is 2.09. The number of nitrogens with two attached hydrogens (primary N) is 1. The lowest BCUT2D eigenvalue weighted by Gasteiger charge is -2.07. The summed E-state index contributed by atoms with van der Waals surface area (Å²) in [5.41, 5.74) is 8.72. The van der Waals surface area contributed by atoms with Gasteiger partial charge < -0.3 is 11.1 Å². The van der Waals surface area contributed by atoms with E-state index >= 15 is 0 Å². The second kappa shape index (κ2) is 5.40. The molecule has 100 valence electrons. The molecule has 0 unspecified atom stereocenters. The highest BCUT2D eigenvalue weighted by molar-refractivity contribution is 7.99. The first-order valence-corrected chi connectivity index (χ1v) is 6.63. The number of nitrogens with one attached hydrogen (secondary N) is 1. The fourth-order valence-corrected chi connectivity index (χ4v) is 2.37. The molecule has 0 aliphatic carbocycles. The quantitative estimate of drug-likeness (QED) is 0.654. The number of aromatic nitrogens is 4. The Hall–Kier alpha value is -1.89. The van der Waals surface area contributed by atoms with E-state index in [9.17, 15) is 0 Å². The zero-order valence-corrected chi connectivity index (χ0v) is 12.2. The predicted octanol–water partition coefficient (Wildman–Crippen LogP) is 1.97. The normalized spacial score (nSPS) is 10.5. The molecule has 0 aliphatic heterocycles. The van der Waals surface area contributed by atoms with Gasteiger partial charge in [-0.25, -0.2) is 15.0 Å². The largest absolute Gasteiger partial charge is 0.373 e.